The summed E-state index contributed by atoms with van der Waals surface area (Å²) in [5.74, 6) is -1.09. The van der Waals surface area contributed by atoms with Crippen molar-refractivity contribution in [3.63, 3.8) is 0 Å². The molecule has 144 valence electrons. The summed E-state index contributed by atoms with van der Waals surface area (Å²) in [6.45, 7) is 0. The molecule has 0 aliphatic carbocycles. The van der Waals surface area contributed by atoms with Gasteiger partial charge in [0.2, 0.25) is 0 Å². The highest BCUT2D eigenvalue weighted by molar-refractivity contribution is 6.04. The summed E-state index contributed by atoms with van der Waals surface area (Å²) in [6.07, 6.45) is 6.49. The van der Waals surface area contributed by atoms with Gasteiger partial charge >= 0.3 is 0 Å². The number of carbonyl (C=O) groups excluding carboxylic acids is 1. The van der Waals surface area contributed by atoms with Gasteiger partial charge in [-0.05, 0) is 36.4 Å². The van der Waals surface area contributed by atoms with Crippen LogP contribution in [0.1, 0.15) is 10.4 Å². The molecule has 4 aromatic rings. The van der Waals surface area contributed by atoms with Crippen LogP contribution in [-0.2, 0) is 0 Å². The molecular weight excluding hydrogens is 378 g/mol. The number of hydrogen-bond donors (Lipinski definition) is 2. The van der Waals surface area contributed by atoms with Crippen LogP contribution in [0.3, 0.4) is 0 Å². The van der Waals surface area contributed by atoms with Gasteiger partial charge in [-0.2, -0.15) is 0 Å². The summed E-state index contributed by atoms with van der Waals surface area (Å²) in [7, 11) is 0. The second-order valence-corrected chi connectivity index (χ2v) is 6.01. The van der Waals surface area contributed by atoms with Gasteiger partial charge in [0.25, 0.3) is 5.91 Å². The van der Waals surface area contributed by atoms with E-state index in [4.69, 9.17) is 0 Å². The number of hydrogen-bond acceptors (Lipinski definition) is 5. The Hall–Kier alpha value is -4.14. The number of halogens is 2. The normalized spacial score (nSPS) is 10.6. The number of nitrogens with one attached hydrogen (secondary N) is 2. The van der Waals surface area contributed by atoms with Crippen LogP contribution >= 0.6 is 0 Å². The van der Waals surface area contributed by atoms with E-state index in [-0.39, 0.29) is 5.56 Å². The van der Waals surface area contributed by atoms with Crippen molar-refractivity contribution in [2.75, 3.05) is 10.6 Å². The molecule has 2 N–H and O–H groups in total. The minimum Gasteiger partial charge on any atom is -0.340 e. The Labute approximate surface area is 164 Å². The number of aromatic nitrogens is 4. The molecule has 0 radical (unpaired) electrons. The highest BCUT2D eigenvalue weighted by atomic mass is 19.1. The molecule has 29 heavy (non-hydrogen) atoms. The molecule has 0 saturated carbocycles. The van der Waals surface area contributed by atoms with Crippen molar-refractivity contribution < 1.29 is 13.6 Å². The van der Waals surface area contributed by atoms with Gasteiger partial charge in [-0.1, -0.05) is 0 Å². The van der Waals surface area contributed by atoms with Crippen LogP contribution in [0.5, 0.6) is 0 Å². The highest BCUT2D eigenvalue weighted by Gasteiger charge is 2.12. The minimum atomic E-state index is -0.918. The Morgan fingerprint density at radius 2 is 1.76 bits per heavy atom. The number of rotatable bonds is 5. The lowest BCUT2D eigenvalue weighted by Crippen LogP contribution is -2.13. The zero-order chi connectivity index (χ0) is 20.2. The summed E-state index contributed by atoms with van der Waals surface area (Å²) < 4.78 is 28.4. The molecule has 0 aliphatic rings. The summed E-state index contributed by atoms with van der Waals surface area (Å²) in [5, 5.41) is 5.71. The predicted octanol–water partition coefficient (Wildman–Crippen LogP) is 3.94. The van der Waals surface area contributed by atoms with Crippen LogP contribution in [0, 0.1) is 11.6 Å². The van der Waals surface area contributed by atoms with Gasteiger partial charge < -0.3 is 10.6 Å². The second-order valence-electron chi connectivity index (χ2n) is 6.01. The molecule has 0 saturated heterocycles. The molecule has 0 bridgehead atoms. The van der Waals surface area contributed by atoms with Crippen LogP contribution in [0.15, 0.2) is 73.6 Å². The molecular formula is C20H14F2N6O. The van der Waals surface area contributed by atoms with Crippen molar-refractivity contribution in [2.24, 2.45) is 0 Å². The van der Waals surface area contributed by atoms with Crippen molar-refractivity contribution >= 4 is 23.1 Å². The van der Waals surface area contributed by atoms with Crippen LogP contribution in [0.4, 0.5) is 26.0 Å². The maximum Gasteiger partial charge on any atom is 0.258 e. The first-order chi connectivity index (χ1) is 14.1. The van der Waals surface area contributed by atoms with E-state index in [1.54, 1.807) is 53.6 Å². The summed E-state index contributed by atoms with van der Waals surface area (Å²) in [6, 6.07) is 11.3. The molecule has 0 aliphatic heterocycles. The van der Waals surface area contributed by atoms with E-state index >= 15 is 0 Å². The van der Waals surface area contributed by atoms with Crippen molar-refractivity contribution in [3.05, 3.63) is 90.8 Å². The lowest BCUT2D eigenvalue weighted by molar-refractivity contribution is 0.102. The number of benzene rings is 2. The van der Waals surface area contributed by atoms with E-state index in [0.29, 0.717) is 23.4 Å². The number of amides is 1. The van der Waals surface area contributed by atoms with E-state index in [2.05, 4.69) is 25.6 Å². The highest BCUT2D eigenvalue weighted by Crippen LogP contribution is 2.19. The molecule has 2 aromatic heterocycles. The number of imidazole rings is 1. The third-order valence-corrected chi connectivity index (χ3v) is 4.01. The molecule has 0 spiro atoms. The summed E-state index contributed by atoms with van der Waals surface area (Å²) >= 11 is 0. The van der Waals surface area contributed by atoms with Gasteiger partial charge in [0, 0.05) is 35.9 Å². The van der Waals surface area contributed by atoms with E-state index in [1.807, 2.05) is 0 Å². The third-order valence-electron chi connectivity index (χ3n) is 4.01. The number of nitrogens with zero attached hydrogens (tertiary/aromatic N) is 4. The van der Waals surface area contributed by atoms with Gasteiger partial charge in [0.15, 0.2) is 0 Å². The largest absolute Gasteiger partial charge is 0.340 e. The molecule has 1 amide bonds. The smallest absolute Gasteiger partial charge is 0.258 e. The van der Waals surface area contributed by atoms with E-state index in [1.165, 1.54) is 6.33 Å². The topological polar surface area (TPSA) is 84.7 Å². The fraction of sp³-hybridized carbons (Fsp3) is 0. The molecule has 2 heterocycles. The monoisotopic (exact) mass is 392 g/mol. The van der Waals surface area contributed by atoms with E-state index in [0.717, 1.165) is 17.8 Å². The van der Waals surface area contributed by atoms with Crippen LogP contribution in [-0.4, -0.2) is 25.4 Å². The zero-order valence-electron chi connectivity index (χ0n) is 14.9. The number of anilines is 3. The zero-order valence-corrected chi connectivity index (χ0v) is 14.9. The lowest BCUT2D eigenvalue weighted by Gasteiger charge is -2.09. The van der Waals surface area contributed by atoms with E-state index < -0.39 is 17.5 Å². The lowest BCUT2D eigenvalue weighted by atomic mass is 10.2. The van der Waals surface area contributed by atoms with Crippen LogP contribution in [0.25, 0.3) is 5.82 Å². The molecule has 4 rings (SSSR count). The molecule has 0 fully saturated rings. The van der Waals surface area contributed by atoms with Crippen molar-refractivity contribution in [3.8, 4) is 5.82 Å². The average molecular weight is 392 g/mol. The minimum absolute atomic E-state index is 0.235. The van der Waals surface area contributed by atoms with Gasteiger partial charge in [-0.15, -0.1) is 0 Å². The first-order valence-corrected chi connectivity index (χ1v) is 8.52. The second kappa shape index (κ2) is 7.85. The molecule has 9 heteroatoms. The van der Waals surface area contributed by atoms with Crippen LogP contribution < -0.4 is 10.6 Å². The number of carbonyl (C=O) groups is 1. The van der Waals surface area contributed by atoms with Gasteiger partial charge in [-0.3, -0.25) is 9.36 Å². The molecule has 0 atom stereocenters. The van der Waals surface area contributed by atoms with E-state index in [9.17, 15) is 13.6 Å². The maximum atomic E-state index is 13.7. The van der Waals surface area contributed by atoms with Crippen LogP contribution in [0.2, 0.25) is 0 Å². The molecule has 2 aromatic carbocycles. The standard InChI is InChI=1S/C20H14F2N6O/c21-13-1-6-16(17(22)9-13)20(29)27-15-4-2-14(3-5-15)26-18-10-19(25-11-24-18)28-8-7-23-12-28/h1-12H,(H,27,29)(H,24,25,26). The average Bonchev–Trinajstić information content (AvgIpc) is 3.24. The Kier molecular flexibility index (Phi) is 4.93. The fourth-order valence-corrected chi connectivity index (χ4v) is 2.61. The predicted molar refractivity (Wildman–Crippen MR) is 103 cm³/mol. The van der Waals surface area contributed by atoms with Crippen molar-refractivity contribution in [2.45, 2.75) is 0 Å². The summed E-state index contributed by atoms with van der Waals surface area (Å²) in [4.78, 5) is 24.5. The maximum absolute atomic E-state index is 13.7. The SMILES string of the molecule is O=C(Nc1ccc(Nc2cc(-n3ccnc3)ncn2)cc1)c1ccc(F)cc1F. The quantitative estimate of drug-likeness (QED) is 0.538. The third kappa shape index (κ3) is 4.24. The Morgan fingerprint density at radius 3 is 2.48 bits per heavy atom. The Bertz CT molecular complexity index is 1150. The van der Waals surface area contributed by atoms with Gasteiger partial charge in [0.05, 0.1) is 5.56 Å². The summed E-state index contributed by atoms with van der Waals surface area (Å²) in [5.41, 5.74) is 0.957. The molecule has 7 nitrogen and oxygen atoms in total. The molecule has 0 unspecified atom stereocenters. The first-order valence-electron chi connectivity index (χ1n) is 8.52. The Balaban J connectivity index is 1.44. The first kappa shape index (κ1) is 18.2. The van der Waals surface area contributed by atoms with Gasteiger partial charge in [0.1, 0.15) is 35.9 Å². The Morgan fingerprint density at radius 1 is 0.966 bits per heavy atom. The van der Waals surface area contributed by atoms with Gasteiger partial charge in [-0.25, -0.2) is 23.7 Å². The van der Waals surface area contributed by atoms with Crippen molar-refractivity contribution in [1.82, 2.24) is 19.5 Å². The van der Waals surface area contributed by atoms with Crippen molar-refractivity contribution in [1.29, 1.82) is 0 Å². The fourth-order valence-electron chi connectivity index (χ4n) is 2.61.